The van der Waals surface area contributed by atoms with Crippen molar-refractivity contribution >= 4 is 44.8 Å². The van der Waals surface area contributed by atoms with Gasteiger partial charge in [0, 0.05) is 16.9 Å². The molecule has 1 aliphatic heterocycles. The van der Waals surface area contributed by atoms with Gasteiger partial charge in [0.1, 0.15) is 0 Å². The lowest BCUT2D eigenvalue weighted by atomic mass is 10.1. The van der Waals surface area contributed by atoms with E-state index < -0.39 is 34.8 Å². The zero-order valence-corrected chi connectivity index (χ0v) is 18.5. The zero-order chi connectivity index (χ0) is 24.5. The third kappa shape index (κ3) is 5.20. The number of fused-ring (bicyclic) bond motifs is 1. The molecule has 1 aromatic heterocycles. The fourth-order valence-corrected chi connectivity index (χ4v) is 4.08. The van der Waals surface area contributed by atoms with Crippen LogP contribution in [0.2, 0.25) is 0 Å². The zero-order valence-electron chi connectivity index (χ0n) is 17.7. The summed E-state index contributed by atoms with van der Waals surface area (Å²) in [6, 6.07) is 11.0. The Bertz CT molecular complexity index is 1350. The summed E-state index contributed by atoms with van der Waals surface area (Å²) in [5.74, 6) is -2.12. The molecule has 2 heterocycles. The molecule has 3 N–H and O–H groups in total. The molecule has 3 aromatic rings. The lowest BCUT2D eigenvalue weighted by Gasteiger charge is -2.24. The van der Waals surface area contributed by atoms with Crippen LogP contribution in [0.5, 0.6) is 0 Å². The van der Waals surface area contributed by atoms with Gasteiger partial charge in [-0.15, -0.1) is 0 Å². The monoisotopic (exact) mass is 492 g/mol. The third-order valence-electron chi connectivity index (χ3n) is 4.92. The van der Waals surface area contributed by atoms with Crippen LogP contribution in [-0.2, 0) is 27.8 Å². The Balaban J connectivity index is 1.65. The molecular formula is C21H19F3N6O3S. The van der Waals surface area contributed by atoms with Gasteiger partial charge in [-0.2, -0.15) is 13.8 Å². The maximum atomic E-state index is 14.6. The number of carbonyl (C=O) groups is 1. The number of para-hydroxylation sites is 1. The van der Waals surface area contributed by atoms with Gasteiger partial charge in [0.15, 0.2) is 11.6 Å². The first-order valence-electron chi connectivity index (χ1n) is 9.92. The van der Waals surface area contributed by atoms with E-state index in [-0.39, 0.29) is 29.5 Å². The number of amides is 1. The van der Waals surface area contributed by atoms with Gasteiger partial charge >= 0.3 is 6.55 Å². The van der Waals surface area contributed by atoms with Crippen molar-refractivity contribution in [3.63, 3.8) is 0 Å². The van der Waals surface area contributed by atoms with Crippen molar-refractivity contribution in [2.45, 2.75) is 19.5 Å². The maximum absolute atomic E-state index is 14.6. The highest BCUT2D eigenvalue weighted by molar-refractivity contribution is 7.92. The van der Waals surface area contributed by atoms with Gasteiger partial charge in [0.05, 0.1) is 31.1 Å². The van der Waals surface area contributed by atoms with E-state index in [4.69, 9.17) is 0 Å². The molecule has 178 valence electrons. The molecule has 0 radical (unpaired) electrons. The molecule has 2 aromatic carbocycles. The summed E-state index contributed by atoms with van der Waals surface area (Å²) in [5, 5.41) is 5.54. The van der Waals surface area contributed by atoms with Crippen molar-refractivity contribution in [3.8, 4) is 0 Å². The van der Waals surface area contributed by atoms with Crippen LogP contribution in [0.15, 0.2) is 48.7 Å². The minimum absolute atomic E-state index is 0.0838. The molecule has 9 nitrogen and oxygen atoms in total. The molecule has 13 heteroatoms. The first-order chi connectivity index (χ1) is 16.1. The summed E-state index contributed by atoms with van der Waals surface area (Å²) in [4.78, 5) is 19.9. The van der Waals surface area contributed by atoms with Gasteiger partial charge in [0.2, 0.25) is 21.9 Å². The van der Waals surface area contributed by atoms with Crippen LogP contribution >= 0.6 is 0 Å². The van der Waals surface area contributed by atoms with Gasteiger partial charge in [-0.1, -0.05) is 24.3 Å². The number of halogens is 3. The Hall–Kier alpha value is -3.87. The molecule has 0 spiro atoms. The van der Waals surface area contributed by atoms with Crippen LogP contribution in [0, 0.1) is 5.82 Å². The first-order valence-corrected chi connectivity index (χ1v) is 11.8. The molecule has 0 fully saturated rings. The Kier molecular flexibility index (Phi) is 6.28. The second-order valence-electron chi connectivity index (χ2n) is 7.48. The average Bonchev–Trinajstić information content (AvgIpc) is 3.14. The number of sulfonamides is 1. The molecule has 1 aliphatic rings. The second kappa shape index (κ2) is 9.17. The SMILES string of the molecule is CS(=O)(=O)Nc1ccccc1CN(c1nc(Nc2cccc3c2CC(=O)N3)ncc1F)C(F)F. The van der Waals surface area contributed by atoms with Crippen molar-refractivity contribution in [1.82, 2.24) is 9.97 Å². The largest absolute Gasteiger partial charge is 0.325 e. The Labute approximate surface area is 193 Å². The number of aromatic nitrogens is 2. The summed E-state index contributed by atoms with van der Waals surface area (Å²) in [5.41, 5.74) is 1.99. The minimum Gasteiger partial charge on any atom is -0.325 e. The van der Waals surface area contributed by atoms with E-state index >= 15 is 0 Å². The predicted octanol–water partition coefficient (Wildman–Crippen LogP) is 3.45. The van der Waals surface area contributed by atoms with E-state index in [1.807, 2.05) is 0 Å². The Morgan fingerprint density at radius 3 is 2.62 bits per heavy atom. The number of anilines is 5. The molecule has 34 heavy (non-hydrogen) atoms. The van der Waals surface area contributed by atoms with Gasteiger partial charge in [-0.25, -0.2) is 17.8 Å². The lowest BCUT2D eigenvalue weighted by molar-refractivity contribution is -0.115. The number of hydrogen-bond acceptors (Lipinski definition) is 7. The summed E-state index contributed by atoms with van der Waals surface area (Å²) in [6.07, 6.45) is 1.80. The van der Waals surface area contributed by atoms with Crippen LogP contribution in [-0.4, -0.2) is 37.1 Å². The fraction of sp³-hybridized carbons (Fsp3) is 0.190. The van der Waals surface area contributed by atoms with Gasteiger partial charge in [-0.3, -0.25) is 14.4 Å². The molecule has 0 saturated heterocycles. The van der Waals surface area contributed by atoms with Crippen molar-refractivity contribution < 1.29 is 26.4 Å². The molecule has 0 aliphatic carbocycles. The van der Waals surface area contributed by atoms with E-state index in [1.165, 1.54) is 18.2 Å². The normalized spacial score (nSPS) is 12.9. The highest BCUT2D eigenvalue weighted by Gasteiger charge is 2.25. The van der Waals surface area contributed by atoms with E-state index in [2.05, 4.69) is 25.3 Å². The molecule has 4 rings (SSSR count). The summed E-state index contributed by atoms with van der Waals surface area (Å²) >= 11 is 0. The highest BCUT2D eigenvalue weighted by atomic mass is 32.2. The Morgan fingerprint density at radius 2 is 1.88 bits per heavy atom. The average molecular weight is 492 g/mol. The highest BCUT2D eigenvalue weighted by Crippen LogP contribution is 2.32. The van der Waals surface area contributed by atoms with Crippen LogP contribution in [0.4, 0.5) is 42.0 Å². The van der Waals surface area contributed by atoms with Crippen LogP contribution in [0.1, 0.15) is 11.1 Å². The summed E-state index contributed by atoms with van der Waals surface area (Å²) in [6.45, 7) is -3.70. The number of rotatable bonds is 8. The summed E-state index contributed by atoms with van der Waals surface area (Å²) < 4.78 is 68.1. The van der Waals surface area contributed by atoms with Gasteiger partial charge < -0.3 is 10.6 Å². The Morgan fingerprint density at radius 1 is 1.15 bits per heavy atom. The minimum atomic E-state index is -3.67. The number of benzene rings is 2. The van der Waals surface area contributed by atoms with Gasteiger partial charge in [0.25, 0.3) is 0 Å². The van der Waals surface area contributed by atoms with E-state index in [0.717, 1.165) is 12.5 Å². The maximum Gasteiger partial charge on any atom is 0.316 e. The number of nitrogens with one attached hydrogen (secondary N) is 3. The van der Waals surface area contributed by atoms with E-state index in [1.54, 1.807) is 24.3 Å². The number of alkyl halides is 2. The van der Waals surface area contributed by atoms with Gasteiger partial charge in [-0.05, 0) is 23.8 Å². The molecule has 0 atom stereocenters. The molecule has 0 saturated carbocycles. The quantitative estimate of drug-likeness (QED) is 0.413. The summed E-state index contributed by atoms with van der Waals surface area (Å²) in [7, 11) is -3.67. The van der Waals surface area contributed by atoms with Crippen molar-refractivity contribution in [1.29, 1.82) is 0 Å². The van der Waals surface area contributed by atoms with Crippen LogP contribution in [0.25, 0.3) is 0 Å². The van der Waals surface area contributed by atoms with Crippen molar-refractivity contribution in [2.75, 3.05) is 26.5 Å². The number of carbonyl (C=O) groups excluding carboxylic acids is 1. The topological polar surface area (TPSA) is 116 Å². The number of nitrogens with zero attached hydrogens (tertiary/aromatic N) is 3. The first kappa shape index (κ1) is 23.3. The smallest absolute Gasteiger partial charge is 0.316 e. The second-order valence-corrected chi connectivity index (χ2v) is 9.23. The third-order valence-corrected chi connectivity index (χ3v) is 5.51. The standard InChI is InChI=1S/C21H19F3N6O3S/c1-34(32,33)29-15-6-3-2-5-12(15)11-30(20(23)24)19-14(22)10-25-21(28-19)27-17-8-4-7-16-13(17)9-18(31)26-16/h2-8,10,20,29H,9,11H2,1H3,(H,26,31)(H,25,27,28). The van der Waals surface area contributed by atoms with E-state index in [0.29, 0.717) is 21.8 Å². The van der Waals surface area contributed by atoms with Crippen molar-refractivity contribution in [2.24, 2.45) is 0 Å². The van der Waals surface area contributed by atoms with Crippen molar-refractivity contribution in [3.05, 3.63) is 65.6 Å². The fourth-order valence-electron chi connectivity index (χ4n) is 3.48. The van der Waals surface area contributed by atoms with Crippen LogP contribution in [0.3, 0.4) is 0 Å². The van der Waals surface area contributed by atoms with E-state index in [9.17, 15) is 26.4 Å². The van der Waals surface area contributed by atoms with Crippen LogP contribution < -0.4 is 20.3 Å². The molecule has 1 amide bonds. The molecular weight excluding hydrogens is 473 g/mol. The molecule has 0 bridgehead atoms. The predicted molar refractivity (Wildman–Crippen MR) is 121 cm³/mol. The molecule has 0 unspecified atom stereocenters. The lowest BCUT2D eigenvalue weighted by Crippen LogP contribution is -2.31. The number of hydrogen-bond donors (Lipinski definition) is 3.